The Kier molecular flexibility index (Phi) is 5.07. The minimum Gasteiger partial charge on any atom is -0.436 e. The maximum atomic E-state index is 11.7. The number of nitrogens with zero attached hydrogens (tertiary/aromatic N) is 4. The molecule has 0 amide bonds. The van der Waals surface area contributed by atoms with Crippen LogP contribution in [-0.2, 0) is 10.0 Å². The van der Waals surface area contributed by atoms with Crippen LogP contribution >= 0.6 is 0 Å². The van der Waals surface area contributed by atoms with E-state index >= 15 is 0 Å². The van der Waals surface area contributed by atoms with Crippen LogP contribution in [0.15, 0.2) is 36.7 Å². The van der Waals surface area contributed by atoms with Gasteiger partial charge in [0.2, 0.25) is 15.9 Å². The molecule has 2 heterocycles. The van der Waals surface area contributed by atoms with Gasteiger partial charge in [-0.05, 0) is 44.0 Å². The number of hydrogen-bond donors (Lipinski definition) is 1. The number of nitrogens with one attached hydrogen (secondary N) is 1. The van der Waals surface area contributed by atoms with E-state index < -0.39 is 10.0 Å². The maximum absolute atomic E-state index is 11.7. The van der Waals surface area contributed by atoms with E-state index in [2.05, 4.69) is 14.8 Å². The summed E-state index contributed by atoms with van der Waals surface area (Å²) < 4.78 is 33.3. The van der Waals surface area contributed by atoms with Crippen LogP contribution in [0.1, 0.15) is 22.3 Å². The number of ether oxygens (including phenoxy) is 1. The Bertz CT molecular complexity index is 1170. The van der Waals surface area contributed by atoms with Gasteiger partial charge in [0.15, 0.2) is 5.82 Å². The lowest BCUT2D eigenvalue weighted by molar-refractivity contribution is 0.457. The third-order valence-electron chi connectivity index (χ3n) is 3.89. The molecule has 9 heteroatoms. The molecule has 1 aromatic carbocycles. The first-order chi connectivity index (χ1) is 13.2. The van der Waals surface area contributed by atoms with Crippen LogP contribution in [0.5, 0.6) is 11.6 Å². The first-order valence-electron chi connectivity index (χ1n) is 8.36. The van der Waals surface area contributed by atoms with E-state index in [0.29, 0.717) is 17.1 Å². The number of sulfonamides is 1. The average molecular weight is 397 g/mol. The lowest BCUT2D eigenvalue weighted by atomic mass is 10.1. The molecule has 0 atom stereocenters. The predicted octanol–water partition coefficient (Wildman–Crippen LogP) is 3.23. The molecule has 1 N–H and O–H groups in total. The first kappa shape index (κ1) is 19.4. The number of aryl methyl sites for hydroxylation is 3. The highest BCUT2D eigenvalue weighted by atomic mass is 32.2. The molecule has 0 saturated carbocycles. The average Bonchev–Trinajstić information content (AvgIpc) is 3.07. The fraction of sp³-hybridized carbons (Fsp3) is 0.211. The van der Waals surface area contributed by atoms with Crippen LogP contribution in [0.25, 0.3) is 5.82 Å². The molecule has 3 aromatic rings. The van der Waals surface area contributed by atoms with Gasteiger partial charge in [0.25, 0.3) is 0 Å². The standard InChI is InChI=1S/C19H19N5O3S/c1-12-7-13(2)18(14(3)8-12)27-19-16(23-28(4,25)26)5-6-17(22-19)24-11-15(9-20)10-21-24/h5-8,10-11,23H,1-4H3. The van der Waals surface area contributed by atoms with Crippen molar-refractivity contribution in [2.24, 2.45) is 0 Å². The molecule has 144 valence electrons. The first-order valence-corrected chi connectivity index (χ1v) is 10.2. The van der Waals surface area contributed by atoms with E-state index in [1.807, 2.05) is 39.0 Å². The number of benzene rings is 1. The van der Waals surface area contributed by atoms with E-state index in [9.17, 15) is 8.42 Å². The Morgan fingerprint density at radius 1 is 1.18 bits per heavy atom. The van der Waals surface area contributed by atoms with E-state index in [1.165, 1.54) is 17.1 Å². The van der Waals surface area contributed by atoms with Gasteiger partial charge >= 0.3 is 0 Å². The zero-order valence-electron chi connectivity index (χ0n) is 15.9. The number of anilines is 1. The Morgan fingerprint density at radius 3 is 2.43 bits per heavy atom. The van der Waals surface area contributed by atoms with Gasteiger partial charge in [-0.25, -0.2) is 13.1 Å². The van der Waals surface area contributed by atoms with Gasteiger partial charge in [-0.15, -0.1) is 0 Å². The van der Waals surface area contributed by atoms with Crippen molar-refractivity contribution in [1.82, 2.24) is 14.8 Å². The second kappa shape index (κ2) is 7.32. The third kappa shape index (κ3) is 4.29. The predicted molar refractivity (Wildman–Crippen MR) is 105 cm³/mol. The maximum Gasteiger partial charge on any atom is 0.245 e. The fourth-order valence-corrected chi connectivity index (χ4v) is 3.40. The molecule has 0 aliphatic carbocycles. The number of nitriles is 1. The molecule has 28 heavy (non-hydrogen) atoms. The molecular weight excluding hydrogens is 378 g/mol. The zero-order valence-corrected chi connectivity index (χ0v) is 16.7. The van der Waals surface area contributed by atoms with Gasteiger partial charge in [0.05, 0.1) is 24.2 Å². The molecular formula is C19H19N5O3S. The largest absolute Gasteiger partial charge is 0.436 e. The molecule has 0 bridgehead atoms. The number of hydrogen-bond acceptors (Lipinski definition) is 6. The van der Waals surface area contributed by atoms with Crippen LogP contribution in [-0.4, -0.2) is 29.4 Å². The lowest BCUT2D eigenvalue weighted by Gasteiger charge is -2.16. The number of aromatic nitrogens is 3. The number of rotatable bonds is 5. The Morgan fingerprint density at radius 2 is 1.86 bits per heavy atom. The van der Waals surface area contributed by atoms with Crippen molar-refractivity contribution >= 4 is 15.7 Å². The van der Waals surface area contributed by atoms with Crippen LogP contribution in [0.4, 0.5) is 5.69 Å². The van der Waals surface area contributed by atoms with Crippen LogP contribution < -0.4 is 9.46 Å². The Balaban J connectivity index is 2.10. The van der Waals surface area contributed by atoms with E-state index in [4.69, 9.17) is 10.00 Å². The zero-order chi connectivity index (χ0) is 20.5. The van der Waals surface area contributed by atoms with Crippen molar-refractivity contribution in [3.8, 4) is 23.5 Å². The molecule has 0 aliphatic heterocycles. The van der Waals surface area contributed by atoms with Crippen molar-refractivity contribution in [1.29, 1.82) is 5.26 Å². The SMILES string of the molecule is Cc1cc(C)c(Oc2nc(-n3cc(C#N)cn3)ccc2NS(C)(=O)=O)c(C)c1. The molecule has 2 aromatic heterocycles. The van der Waals surface area contributed by atoms with Gasteiger partial charge in [0, 0.05) is 0 Å². The van der Waals surface area contributed by atoms with Crippen molar-refractivity contribution in [2.75, 3.05) is 11.0 Å². The van der Waals surface area contributed by atoms with E-state index in [1.54, 1.807) is 12.1 Å². The van der Waals surface area contributed by atoms with E-state index in [0.717, 1.165) is 22.9 Å². The minimum absolute atomic E-state index is 0.0898. The summed E-state index contributed by atoms with van der Waals surface area (Å²) in [4.78, 5) is 4.42. The van der Waals surface area contributed by atoms with Crippen molar-refractivity contribution < 1.29 is 13.2 Å². The lowest BCUT2D eigenvalue weighted by Crippen LogP contribution is -2.12. The summed E-state index contributed by atoms with van der Waals surface area (Å²) in [6.07, 6.45) is 4.00. The Hall–Kier alpha value is -3.38. The second-order valence-corrected chi connectivity index (χ2v) is 8.26. The summed E-state index contributed by atoms with van der Waals surface area (Å²) in [6.45, 7) is 5.81. The third-order valence-corrected chi connectivity index (χ3v) is 4.48. The normalized spacial score (nSPS) is 11.1. The summed E-state index contributed by atoms with van der Waals surface area (Å²) in [7, 11) is -3.53. The minimum atomic E-state index is -3.53. The topological polar surface area (TPSA) is 110 Å². The summed E-state index contributed by atoms with van der Waals surface area (Å²) in [5.74, 6) is 1.08. The van der Waals surface area contributed by atoms with Gasteiger partial charge in [-0.1, -0.05) is 17.7 Å². The summed E-state index contributed by atoms with van der Waals surface area (Å²) in [6, 6.07) is 9.08. The molecule has 0 spiro atoms. The van der Waals surface area contributed by atoms with Crippen molar-refractivity contribution in [2.45, 2.75) is 20.8 Å². The molecule has 8 nitrogen and oxygen atoms in total. The van der Waals surface area contributed by atoms with Gasteiger partial charge in [-0.2, -0.15) is 15.3 Å². The summed E-state index contributed by atoms with van der Waals surface area (Å²) in [5, 5.41) is 13.1. The molecule has 3 rings (SSSR count). The summed E-state index contributed by atoms with van der Waals surface area (Å²) in [5.41, 5.74) is 3.49. The van der Waals surface area contributed by atoms with E-state index in [-0.39, 0.29) is 11.6 Å². The number of pyridine rings is 1. The highest BCUT2D eigenvalue weighted by Gasteiger charge is 2.16. The summed E-state index contributed by atoms with van der Waals surface area (Å²) >= 11 is 0. The Labute approximate surface area is 163 Å². The van der Waals surface area contributed by atoms with Gasteiger partial charge in [-0.3, -0.25) is 4.72 Å². The molecule has 0 unspecified atom stereocenters. The second-order valence-electron chi connectivity index (χ2n) is 6.51. The monoisotopic (exact) mass is 397 g/mol. The van der Waals surface area contributed by atoms with Gasteiger partial charge in [0.1, 0.15) is 17.5 Å². The van der Waals surface area contributed by atoms with Crippen LogP contribution in [0, 0.1) is 32.1 Å². The fourth-order valence-electron chi connectivity index (χ4n) is 2.84. The van der Waals surface area contributed by atoms with Crippen molar-refractivity contribution in [3.63, 3.8) is 0 Å². The molecule has 0 saturated heterocycles. The molecule has 0 fully saturated rings. The van der Waals surface area contributed by atoms with Gasteiger partial charge < -0.3 is 4.74 Å². The van der Waals surface area contributed by atoms with Crippen molar-refractivity contribution in [3.05, 3.63) is 58.9 Å². The van der Waals surface area contributed by atoms with Crippen LogP contribution in [0.3, 0.4) is 0 Å². The smallest absolute Gasteiger partial charge is 0.245 e. The molecule has 0 radical (unpaired) electrons. The highest BCUT2D eigenvalue weighted by molar-refractivity contribution is 7.92. The highest BCUT2D eigenvalue weighted by Crippen LogP contribution is 2.33. The molecule has 0 aliphatic rings. The quantitative estimate of drug-likeness (QED) is 0.708. The van der Waals surface area contributed by atoms with Crippen LogP contribution in [0.2, 0.25) is 0 Å².